The molecule has 14 heavy (non-hydrogen) atoms. The summed E-state index contributed by atoms with van der Waals surface area (Å²) in [5.41, 5.74) is 1.59. The number of nitrogens with one attached hydrogen (secondary N) is 1. The van der Waals surface area contributed by atoms with E-state index in [0.717, 1.165) is 5.52 Å². The van der Waals surface area contributed by atoms with E-state index in [1.54, 1.807) is 12.1 Å². The molecule has 1 heterocycles. The van der Waals surface area contributed by atoms with Gasteiger partial charge in [-0.05, 0) is 12.1 Å². The van der Waals surface area contributed by atoms with Crippen LogP contribution in [0.15, 0.2) is 18.5 Å². The Morgan fingerprint density at radius 1 is 1.57 bits per heavy atom. The van der Waals surface area contributed by atoms with Crippen molar-refractivity contribution in [3.8, 4) is 0 Å². The second kappa shape index (κ2) is 3.31. The molecule has 0 aliphatic rings. The number of carbonyl (C=O) groups excluding carboxylic acids is 1. The van der Waals surface area contributed by atoms with E-state index in [9.17, 15) is 4.79 Å². The monoisotopic (exact) mass is 210 g/mol. The van der Waals surface area contributed by atoms with Crippen molar-refractivity contribution in [2.75, 3.05) is 7.11 Å². The number of esters is 1. The van der Waals surface area contributed by atoms with Crippen LogP contribution in [0.5, 0.6) is 0 Å². The number of hydrogen-bond donors (Lipinski definition) is 1. The van der Waals surface area contributed by atoms with Crippen molar-refractivity contribution in [2.24, 2.45) is 0 Å². The Hall–Kier alpha value is -1.55. The van der Waals surface area contributed by atoms with Crippen LogP contribution in [0, 0.1) is 0 Å². The van der Waals surface area contributed by atoms with Gasteiger partial charge in [0.1, 0.15) is 11.1 Å². The molecule has 0 bridgehead atoms. The highest BCUT2D eigenvalue weighted by atomic mass is 35.5. The van der Waals surface area contributed by atoms with Gasteiger partial charge in [-0.3, -0.25) is 0 Å². The lowest BCUT2D eigenvalue weighted by molar-refractivity contribution is 0.0603. The number of carbonyl (C=O) groups is 1. The third kappa shape index (κ3) is 1.24. The van der Waals surface area contributed by atoms with Crippen molar-refractivity contribution in [3.63, 3.8) is 0 Å². The van der Waals surface area contributed by atoms with E-state index in [1.807, 2.05) is 0 Å². The Morgan fingerprint density at radius 2 is 2.36 bits per heavy atom. The Kier molecular flexibility index (Phi) is 2.13. The number of ether oxygens (including phenoxy) is 1. The fraction of sp³-hybridized carbons (Fsp3) is 0.111. The molecule has 2 rings (SSSR count). The van der Waals surface area contributed by atoms with Gasteiger partial charge < -0.3 is 9.72 Å². The van der Waals surface area contributed by atoms with E-state index >= 15 is 0 Å². The van der Waals surface area contributed by atoms with Crippen molar-refractivity contribution >= 4 is 28.6 Å². The minimum absolute atomic E-state index is 0.299. The third-order valence-electron chi connectivity index (χ3n) is 1.93. The Bertz CT molecular complexity index is 493. The summed E-state index contributed by atoms with van der Waals surface area (Å²) in [6.07, 6.45) is 1.51. The van der Waals surface area contributed by atoms with Crippen LogP contribution in [-0.4, -0.2) is 23.0 Å². The minimum Gasteiger partial charge on any atom is -0.465 e. The predicted molar refractivity (Wildman–Crippen MR) is 52.4 cm³/mol. The summed E-state index contributed by atoms with van der Waals surface area (Å²) in [4.78, 5) is 18.3. The molecule has 0 aliphatic carbocycles. The number of fused-ring (bicyclic) bond motifs is 1. The van der Waals surface area contributed by atoms with Gasteiger partial charge in [0.05, 0.1) is 24.0 Å². The molecular weight excluding hydrogens is 204 g/mol. The predicted octanol–water partition coefficient (Wildman–Crippen LogP) is 2.00. The van der Waals surface area contributed by atoms with Gasteiger partial charge in [0.2, 0.25) is 0 Å². The smallest absolute Gasteiger partial charge is 0.341 e. The van der Waals surface area contributed by atoms with Crippen LogP contribution >= 0.6 is 11.6 Å². The molecule has 72 valence electrons. The molecule has 0 aliphatic heterocycles. The maximum atomic E-state index is 11.4. The van der Waals surface area contributed by atoms with Gasteiger partial charge in [0.25, 0.3) is 0 Å². The lowest BCUT2D eigenvalue weighted by Crippen LogP contribution is -2.03. The van der Waals surface area contributed by atoms with Crippen molar-refractivity contribution < 1.29 is 9.53 Å². The number of halogens is 1. The number of hydrogen-bond acceptors (Lipinski definition) is 3. The number of rotatable bonds is 1. The van der Waals surface area contributed by atoms with Gasteiger partial charge >= 0.3 is 5.97 Å². The van der Waals surface area contributed by atoms with Gasteiger partial charge in [0, 0.05) is 0 Å². The van der Waals surface area contributed by atoms with Crippen LogP contribution < -0.4 is 0 Å². The molecule has 0 unspecified atom stereocenters. The van der Waals surface area contributed by atoms with Gasteiger partial charge in [0.15, 0.2) is 0 Å². The number of nitrogens with zero attached hydrogens (tertiary/aromatic N) is 1. The molecule has 0 atom stereocenters. The lowest BCUT2D eigenvalue weighted by atomic mass is 10.2. The lowest BCUT2D eigenvalue weighted by Gasteiger charge is -2.02. The Labute approximate surface area is 84.9 Å². The highest BCUT2D eigenvalue weighted by Crippen LogP contribution is 2.24. The minimum atomic E-state index is -0.479. The zero-order valence-corrected chi connectivity index (χ0v) is 8.13. The number of benzene rings is 1. The van der Waals surface area contributed by atoms with E-state index in [2.05, 4.69) is 14.7 Å². The standard InChI is InChI=1S/C9H7ClN2O2/c1-14-9(13)7-5(10)2-3-6-8(7)12-4-11-6/h2-4H,1H3,(H,11,12). The zero-order chi connectivity index (χ0) is 10.1. The first kappa shape index (κ1) is 9.02. The maximum absolute atomic E-state index is 11.4. The molecule has 2 aromatic rings. The summed E-state index contributed by atoms with van der Waals surface area (Å²) in [7, 11) is 1.31. The van der Waals surface area contributed by atoms with Crippen LogP contribution in [0.2, 0.25) is 5.02 Å². The summed E-state index contributed by atoms with van der Waals surface area (Å²) in [5, 5.41) is 0.344. The Morgan fingerprint density at radius 3 is 3.07 bits per heavy atom. The van der Waals surface area contributed by atoms with Crippen molar-refractivity contribution in [1.82, 2.24) is 9.97 Å². The fourth-order valence-corrected chi connectivity index (χ4v) is 1.51. The first-order valence-electron chi connectivity index (χ1n) is 3.94. The van der Waals surface area contributed by atoms with Crippen LogP contribution in [0.25, 0.3) is 11.0 Å². The molecule has 0 fully saturated rings. The molecule has 1 N–H and O–H groups in total. The van der Waals surface area contributed by atoms with Gasteiger partial charge in [-0.15, -0.1) is 0 Å². The molecule has 0 saturated heterocycles. The molecule has 0 radical (unpaired) electrons. The molecular formula is C9H7ClN2O2. The summed E-state index contributed by atoms with van der Waals surface area (Å²) in [5.74, 6) is -0.479. The second-order valence-corrected chi connectivity index (χ2v) is 3.12. The normalized spacial score (nSPS) is 10.4. The van der Waals surface area contributed by atoms with E-state index in [4.69, 9.17) is 11.6 Å². The van der Waals surface area contributed by atoms with E-state index in [-0.39, 0.29) is 0 Å². The van der Waals surface area contributed by atoms with Crippen LogP contribution in [0.1, 0.15) is 10.4 Å². The van der Waals surface area contributed by atoms with Gasteiger partial charge in [-0.25, -0.2) is 9.78 Å². The third-order valence-corrected chi connectivity index (χ3v) is 2.25. The second-order valence-electron chi connectivity index (χ2n) is 2.71. The average Bonchev–Trinajstić information content (AvgIpc) is 2.64. The number of imidazole rings is 1. The van der Waals surface area contributed by atoms with Crippen LogP contribution in [0.3, 0.4) is 0 Å². The number of aromatic nitrogens is 2. The molecule has 0 spiro atoms. The largest absolute Gasteiger partial charge is 0.465 e. The molecule has 5 heteroatoms. The fourth-order valence-electron chi connectivity index (χ4n) is 1.28. The van der Waals surface area contributed by atoms with E-state index in [1.165, 1.54) is 13.4 Å². The highest BCUT2D eigenvalue weighted by molar-refractivity contribution is 6.35. The van der Waals surface area contributed by atoms with Crippen molar-refractivity contribution in [1.29, 1.82) is 0 Å². The van der Waals surface area contributed by atoms with E-state index in [0.29, 0.717) is 16.1 Å². The molecule has 1 aromatic heterocycles. The molecule has 0 saturated carbocycles. The molecule has 4 nitrogen and oxygen atoms in total. The maximum Gasteiger partial charge on any atom is 0.341 e. The van der Waals surface area contributed by atoms with Crippen molar-refractivity contribution in [3.05, 3.63) is 29.0 Å². The van der Waals surface area contributed by atoms with E-state index < -0.39 is 5.97 Å². The topological polar surface area (TPSA) is 55.0 Å². The summed E-state index contributed by atoms with van der Waals surface area (Å²) < 4.78 is 4.62. The number of H-pyrrole nitrogens is 1. The van der Waals surface area contributed by atoms with Gasteiger partial charge in [-0.2, -0.15) is 0 Å². The van der Waals surface area contributed by atoms with Crippen LogP contribution in [0.4, 0.5) is 0 Å². The van der Waals surface area contributed by atoms with Crippen molar-refractivity contribution in [2.45, 2.75) is 0 Å². The molecule has 1 aromatic carbocycles. The summed E-state index contributed by atoms with van der Waals surface area (Å²) >= 11 is 5.88. The summed E-state index contributed by atoms with van der Waals surface area (Å²) in [6, 6.07) is 3.39. The average molecular weight is 211 g/mol. The zero-order valence-electron chi connectivity index (χ0n) is 7.37. The first-order valence-corrected chi connectivity index (χ1v) is 4.31. The first-order chi connectivity index (χ1) is 6.74. The quantitative estimate of drug-likeness (QED) is 0.733. The van der Waals surface area contributed by atoms with Crippen LogP contribution in [-0.2, 0) is 4.74 Å². The Balaban J connectivity index is 2.76. The number of aromatic amines is 1. The highest BCUT2D eigenvalue weighted by Gasteiger charge is 2.16. The van der Waals surface area contributed by atoms with Gasteiger partial charge in [-0.1, -0.05) is 11.6 Å². The number of methoxy groups -OCH3 is 1. The summed E-state index contributed by atoms with van der Waals surface area (Å²) in [6.45, 7) is 0. The SMILES string of the molecule is COC(=O)c1c(Cl)ccc2[nH]cnc12. The molecule has 0 amide bonds.